The number of benzene rings is 1. The number of nitrogens with one attached hydrogen (secondary N) is 1. The number of carbonyl (C=O) groups excluding carboxylic acids is 4. The molecule has 1 atom stereocenters. The van der Waals surface area contributed by atoms with E-state index in [2.05, 4.69) is 5.32 Å². The quantitative estimate of drug-likeness (QED) is 0.432. The Balaban J connectivity index is 1.92. The van der Waals surface area contributed by atoms with Crippen molar-refractivity contribution in [3.05, 3.63) is 55.4 Å². The van der Waals surface area contributed by atoms with Gasteiger partial charge in [0, 0.05) is 10.9 Å². The number of aryl methyl sites for hydroxylation is 1. The molecule has 150 valence electrons. The van der Waals surface area contributed by atoms with Crippen LogP contribution in [0, 0.1) is 24.0 Å². The van der Waals surface area contributed by atoms with Crippen molar-refractivity contribution in [3.63, 3.8) is 0 Å². The molecule has 10 nitrogen and oxygen atoms in total. The van der Waals surface area contributed by atoms with Gasteiger partial charge in [0.05, 0.1) is 16.1 Å². The van der Waals surface area contributed by atoms with Gasteiger partial charge in [-0.2, -0.15) is 0 Å². The van der Waals surface area contributed by atoms with Gasteiger partial charge in [-0.05, 0) is 32.4 Å². The van der Waals surface area contributed by atoms with E-state index in [0.29, 0.717) is 10.5 Å². The molecular weight excluding hydrogens is 400 g/mol. The number of primary amides is 1. The van der Waals surface area contributed by atoms with Crippen LogP contribution >= 0.6 is 11.3 Å². The molecular formula is C18H16N4O6S. The van der Waals surface area contributed by atoms with Gasteiger partial charge in [-0.25, -0.2) is 0 Å². The van der Waals surface area contributed by atoms with Crippen molar-refractivity contribution in [1.29, 1.82) is 0 Å². The Labute approximate surface area is 168 Å². The van der Waals surface area contributed by atoms with E-state index in [4.69, 9.17) is 5.73 Å². The number of amides is 4. The standard InChI is InChI=1S/C18H16N4O6S/c1-7-9(3)29-16(12(7)14(19)23)20-15(24)8(2)21-17(25)10-5-4-6-11(22(27)28)13(10)18(21)26/h4-6,8H,1-3H3,(H2,19,23)(H,20,24). The van der Waals surface area contributed by atoms with Crippen LogP contribution in [0.1, 0.15) is 48.4 Å². The number of nitrogens with zero attached hydrogens (tertiary/aromatic N) is 2. The minimum absolute atomic E-state index is 0.135. The highest BCUT2D eigenvalue weighted by atomic mass is 32.1. The van der Waals surface area contributed by atoms with Crippen molar-refractivity contribution in [2.24, 2.45) is 5.73 Å². The number of imide groups is 1. The molecule has 3 rings (SSSR count). The van der Waals surface area contributed by atoms with Gasteiger partial charge in [0.15, 0.2) is 0 Å². The van der Waals surface area contributed by atoms with E-state index >= 15 is 0 Å². The molecule has 2 heterocycles. The molecule has 1 aromatic heterocycles. The van der Waals surface area contributed by atoms with Gasteiger partial charge in [0.2, 0.25) is 5.91 Å². The number of carbonyl (C=O) groups is 4. The highest BCUT2D eigenvalue weighted by Gasteiger charge is 2.45. The fourth-order valence-corrected chi connectivity index (χ4v) is 4.20. The average Bonchev–Trinajstić information content (AvgIpc) is 3.07. The summed E-state index contributed by atoms with van der Waals surface area (Å²) in [7, 11) is 0. The van der Waals surface area contributed by atoms with E-state index in [1.54, 1.807) is 13.8 Å². The largest absolute Gasteiger partial charge is 0.365 e. The van der Waals surface area contributed by atoms with Crippen molar-refractivity contribution in [2.45, 2.75) is 26.8 Å². The molecule has 0 radical (unpaired) electrons. The molecule has 0 saturated carbocycles. The zero-order valence-corrected chi connectivity index (χ0v) is 16.5. The number of thiophene rings is 1. The van der Waals surface area contributed by atoms with Crippen LogP contribution in [0.25, 0.3) is 0 Å². The lowest BCUT2D eigenvalue weighted by molar-refractivity contribution is -0.385. The van der Waals surface area contributed by atoms with Crippen molar-refractivity contribution in [2.75, 3.05) is 5.32 Å². The lowest BCUT2D eigenvalue weighted by Gasteiger charge is -2.21. The Hall–Kier alpha value is -3.60. The van der Waals surface area contributed by atoms with Crippen LogP contribution in [0.2, 0.25) is 0 Å². The number of nitro benzene ring substituents is 1. The molecule has 0 spiro atoms. The maximum absolute atomic E-state index is 12.7. The SMILES string of the molecule is Cc1sc(NC(=O)C(C)N2C(=O)c3cccc([N+](=O)[O-])c3C2=O)c(C(N)=O)c1C. The fourth-order valence-electron chi connectivity index (χ4n) is 3.13. The third kappa shape index (κ3) is 3.14. The highest BCUT2D eigenvalue weighted by Crippen LogP contribution is 2.34. The Bertz CT molecular complexity index is 1110. The summed E-state index contributed by atoms with van der Waals surface area (Å²) in [6.07, 6.45) is 0. The molecule has 1 aromatic carbocycles. The number of fused-ring (bicyclic) bond motifs is 1. The first-order valence-corrected chi connectivity index (χ1v) is 9.23. The maximum Gasteiger partial charge on any atom is 0.282 e. The number of anilines is 1. The molecule has 0 bridgehead atoms. The third-order valence-electron chi connectivity index (χ3n) is 4.76. The summed E-state index contributed by atoms with van der Waals surface area (Å²) in [6.45, 7) is 4.77. The lowest BCUT2D eigenvalue weighted by atomic mass is 10.1. The average molecular weight is 416 g/mol. The first-order chi connectivity index (χ1) is 13.6. The minimum atomic E-state index is -1.27. The minimum Gasteiger partial charge on any atom is -0.365 e. The van der Waals surface area contributed by atoms with Crippen LogP contribution < -0.4 is 11.1 Å². The summed E-state index contributed by atoms with van der Waals surface area (Å²) >= 11 is 1.14. The summed E-state index contributed by atoms with van der Waals surface area (Å²) < 4.78 is 0. The van der Waals surface area contributed by atoms with Crippen LogP contribution in [0.15, 0.2) is 18.2 Å². The van der Waals surface area contributed by atoms with Crippen molar-refractivity contribution in [3.8, 4) is 0 Å². The maximum atomic E-state index is 12.7. The first-order valence-electron chi connectivity index (χ1n) is 8.42. The van der Waals surface area contributed by atoms with Crippen molar-refractivity contribution >= 4 is 45.7 Å². The zero-order chi connectivity index (χ0) is 21.6. The molecule has 0 saturated heterocycles. The van der Waals surface area contributed by atoms with Gasteiger partial charge >= 0.3 is 0 Å². The number of nitro groups is 1. The van der Waals surface area contributed by atoms with Gasteiger partial charge in [-0.3, -0.25) is 34.2 Å². The molecule has 1 unspecified atom stereocenters. The number of nitrogens with two attached hydrogens (primary N) is 1. The topological polar surface area (TPSA) is 153 Å². The number of hydrogen-bond donors (Lipinski definition) is 2. The number of rotatable bonds is 5. The molecule has 1 aliphatic rings. The second kappa shape index (κ2) is 7.09. The number of hydrogen-bond acceptors (Lipinski definition) is 7. The Morgan fingerprint density at radius 1 is 1.24 bits per heavy atom. The first kappa shape index (κ1) is 20.1. The molecule has 0 fully saturated rings. The van der Waals surface area contributed by atoms with Crippen molar-refractivity contribution < 1.29 is 24.1 Å². The second-order valence-corrected chi connectivity index (χ2v) is 7.68. The van der Waals surface area contributed by atoms with Crippen LogP contribution in [0.4, 0.5) is 10.7 Å². The summed E-state index contributed by atoms with van der Waals surface area (Å²) in [5.74, 6) is -3.17. The van der Waals surface area contributed by atoms with Gasteiger partial charge in [0.1, 0.15) is 16.6 Å². The molecule has 0 aliphatic carbocycles. The monoisotopic (exact) mass is 416 g/mol. The highest BCUT2D eigenvalue weighted by molar-refractivity contribution is 7.16. The molecule has 3 N–H and O–H groups in total. The van der Waals surface area contributed by atoms with E-state index < -0.39 is 40.3 Å². The summed E-state index contributed by atoms with van der Waals surface area (Å²) in [5.41, 5.74) is 5.19. The van der Waals surface area contributed by atoms with E-state index in [9.17, 15) is 29.3 Å². The van der Waals surface area contributed by atoms with E-state index in [1.165, 1.54) is 19.1 Å². The van der Waals surface area contributed by atoms with Crippen LogP contribution in [0.3, 0.4) is 0 Å². The van der Waals surface area contributed by atoms with Gasteiger partial charge in [-0.15, -0.1) is 11.3 Å². The lowest BCUT2D eigenvalue weighted by Crippen LogP contribution is -2.45. The van der Waals surface area contributed by atoms with Gasteiger partial charge in [-0.1, -0.05) is 6.07 Å². The predicted molar refractivity (Wildman–Crippen MR) is 104 cm³/mol. The molecule has 2 aromatic rings. The Kier molecular flexibility index (Phi) is 4.93. The third-order valence-corrected chi connectivity index (χ3v) is 5.88. The fraction of sp³-hybridized carbons (Fsp3) is 0.222. The second-order valence-electron chi connectivity index (χ2n) is 6.45. The summed E-state index contributed by atoms with van der Waals surface area (Å²) in [6, 6.07) is 2.44. The zero-order valence-electron chi connectivity index (χ0n) is 15.6. The van der Waals surface area contributed by atoms with Crippen LogP contribution in [-0.2, 0) is 4.79 Å². The summed E-state index contributed by atoms with van der Waals surface area (Å²) in [5, 5.41) is 14.0. The normalized spacial score (nSPS) is 14.0. The summed E-state index contributed by atoms with van der Waals surface area (Å²) in [4.78, 5) is 61.7. The van der Waals surface area contributed by atoms with E-state index in [1.807, 2.05) is 0 Å². The van der Waals surface area contributed by atoms with Gasteiger partial charge in [0.25, 0.3) is 23.4 Å². The van der Waals surface area contributed by atoms with Crippen LogP contribution in [0.5, 0.6) is 0 Å². The smallest absolute Gasteiger partial charge is 0.282 e. The van der Waals surface area contributed by atoms with E-state index in [-0.39, 0.29) is 21.7 Å². The molecule has 1 aliphatic heterocycles. The predicted octanol–water partition coefficient (Wildman–Crippen LogP) is 2.00. The van der Waals surface area contributed by atoms with Crippen molar-refractivity contribution in [1.82, 2.24) is 4.90 Å². The Morgan fingerprint density at radius 2 is 1.90 bits per heavy atom. The van der Waals surface area contributed by atoms with Gasteiger partial charge < -0.3 is 11.1 Å². The van der Waals surface area contributed by atoms with Crippen LogP contribution in [-0.4, -0.2) is 39.5 Å². The van der Waals surface area contributed by atoms with E-state index in [0.717, 1.165) is 22.3 Å². The molecule has 4 amide bonds. The Morgan fingerprint density at radius 3 is 2.48 bits per heavy atom. The molecule has 11 heteroatoms. The molecule has 29 heavy (non-hydrogen) atoms.